The van der Waals surface area contributed by atoms with Gasteiger partial charge in [0.1, 0.15) is 11.6 Å². The van der Waals surface area contributed by atoms with Crippen molar-refractivity contribution in [2.45, 2.75) is 25.9 Å². The molecule has 1 fully saturated rings. The molecule has 0 atom stereocenters. The van der Waals surface area contributed by atoms with Crippen LogP contribution in [0, 0.1) is 12.8 Å². The second-order valence-electron chi connectivity index (χ2n) is 7.34. The molecule has 29 heavy (non-hydrogen) atoms. The molecule has 3 aromatic heterocycles. The third-order valence-corrected chi connectivity index (χ3v) is 5.18. The number of nitrogens with zero attached hydrogens (tertiary/aromatic N) is 6. The van der Waals surface area contributed by atoms with Gasteiger partial charge in [0.25, 0.3) is 0 Å². The van der Waals surface area contributed by atoms with E-state index in [9.17, 15) is 13.2 Å². The van der Waals surface area contributed by atoms with E-state index in [4.69, 9.17) is 0 Å². The maximum Gasteiger partial charge on any atom is 0.434 e. The maximum atomic E-state index is 12.9. The topological polar surface area (TPSA) is 71.8 Å². The van der Waals surface area contributed by atoms with Gasteiger partial charge in [-0.2, -0.15) is 13.2 Å². The standard InChI is InChI=1S/C19H22F3N7/c1-12-25-16-14(4-3-7-23-16)17(26-12)24-10-13-5-8-29(9-6-13)18-27-15(11-28(18)2)19(20,21)22/h3-4,7,11,13H,5-6,8-10H2,1-2H3,(H,23,24,25,26). The summed E-state index contributed by atoms with van der Waals surface area (Å²) in [6, 6.07) is 3.79. The molecule has 0 spiro atoms. The van der Waals surface area contributed by atoms with Crippen molar-refractivity contribution in [1.82, 2.24) is 24.5 Å². The molecule has 0 unspecified atom stereocenters. The Labute approximate surface area is 166 Å². The van der Waals surface area contributed by atoms with Crippen molar-refractivity contribution < 1.29 is 13.2 Å². The fourth-order valence-corrected chi connectivity index (χ4v) is 3.67. The Bertz CT molecular complexity index is 1010. The van der Waals surface area contributed by atoms with Crippen LogP contribution in [0.25, 0.3) is 11.0 Å². The number of aryl methyl sites for hydroxylation is 2. The zero-order chi connectivity index (χ0) is 20.6. The summed E-state index contributed by atoms with van der Waals surface area (Å²) >= 11 is 0. The molecule has 4 rings (SSSR count). The summed E-state index contributed by atoms with van der Waals surface area (Å²) in [5.41, 5.74) is -0.189. The van der Waals surface area contributed by atoms with Gasteiger partial charge in [-0.25, -0.2) is 19.9 Å². The first-order valence-electron chi connectivity index (χ1n) is 9.50. The molecule has 0 saturated carbocycles. The molecule has 0 aromatic carbocycles. The van der Waals surface area contributed by atoms with E-state index in [1.807, 2.05) is 24.0 Å². The first kappa shape index (κ1) is 19.4. The number of fused-ring (bicyclic) bond motifs is 1. The Morgan fingerprint density at radius 1 is 1.17 bits per heavy atom. The highest BCUT2D eigenvalue weighted by Crippen LogP contribution is 2.31. The van der Waals surface area contributed by atoms with Crippen LogP contribution in [0.5, 0.6) is 0 Å². The lowest BCUT2D eigenvalue weighted by Gasteiger charge is -2.32. The highest BCUT2D eigenvalue weighted by atomic mass is 19.4. The molecule has 0 bridgehead atoms. The van der Waals surface area contributed by atoms with Crippen LogP contribution < -0.4 is 10.2 Å². The molecule has 1 saturated heterocycles. The summed E-state index contributed by atoms with van der Waals surface area (Å²) in [4.78, 5) is 18.8. The second kappa shape index (κ2) is 7.49. The number of rotatable bonds is 4. The van der Waals surface area contributed by atoms with Gasteiger partial charge in [0, 0.05) is 39.1 Å². The number of piperidine rings is 1. The van der Waals surface area contributed by atoms with Crippen LogP contribution in [0.2, 0.25) is 0 Å². The van der Waals surface area contributed by atoms with Crippen molar-refractivity contribution in [3.63, 3.8) is 0 Å². The average molecular weight is 405 g/mol. The number of alkyl halides is 3. The fraction of sp³-hybridized carbons (Fsp3) is 0.474. The number of hydrogen-bond donors (Lipinski definition) is 1. The smallest absolute Gasteiger partial charge is 0.369 e. The molecule has 0 aliphatic carbocycles. The minimum atomic E-state index is -4.43. The monoisotopic (exact) mass is 405 g/mol. The van der Waals surface area contributed by atoms with E-state index in [0.29, 0.717) is 36.4 Å². The summed E-state index contributed by atoms with van der Waals surface area (Å²) < 4.78 is 40.1. The Balaban J connectivity index is 1.38. The zero-order valence-electron chi connectivity index (χ0n) is 16.2. The second-order valence-corrected chi connectivity index (χ2v) is 7.34. The van der Waals surface area contributed by atoms with Gasteiger partial charge in [-0.15, -0.1) is 0 Å². The van der Waals surface area contributed by atoms with Crippen molar-refractivity contribution in [3.8, 4) is 0 Å². The zero-order valence-corrected chi connectivity index (χ0v) is 16.2. The van der Waals surface area contributed by atoms with Gasteiger partial charge in [-0.1, -0.05) is 0 Å². The van der Waals surface area contributed by atoms with E-state index >= 15 is 0 Å². The normalized spacial score (nSPS) is 15.8. The van der Waals surface area contributed by atoms with E-state index in [-0.39, 0.29) is 0 Å². The van der Waals surface area contributed by atoms with Gasteiger partial charge >= 0.3 is 6.18 Å². The summed E-state index contributed by atoms with van der Waals surface area (Å²) in [5, 5.41) is 4.29. The van der Waals surface area contributed by atoms with E-state index in [2.05, 4.69) is 25.3 Å². The average Bonchev–Trinajstić information content (AvgIpc) is 3.08. The van der Waals surface area contributed by atoms with Gasteiger partial charge in [-0.05, 0) is 37.8 Å². The van der Waals surface area contributed by atoms with Gasteiger partial charge < -0.3 is 14.8 Å². The lowest BCUT2D eigenvalue weighted by atomic mass is 9.97. The SMILES string of the molecule is Cc1nc(NCC2CCN(c3nc(C(F)(F)F)cn3C)CC2)c2cccnc2n1. The summed E-state index contributed by atoms with van der Waals surface area (Å²) in [5.74, 6) is 2.19. The number of aromatic nitrogens is 5. The van der Waals surface area contributed by atoms with Crippen LogP contribution >= 0.6 is 0 Å². The number of nitrogens with one attached hydrogen (secondary N) is 1. The fourth-order valence-electron chi connectivity index (χ4n) is 3.67. The molecule has 3 aromatic rings. The van der Waals surface area contributed by atoms with Crippen LogP contribution in [-0.2, 0) is 13.2 Å². The van der Waals surface area contributed by atoms with Crippen LogP contribution in [0.4, 0.5) is 24.9 Å². The Morgan fingerprint density at radius 2 is 1.93 bits per heavy atom. The number of hydrogen-bond acceptors (Lipinski definition) is 6. The highest BCUT2D eigenvalue weighted by molar-refractivity contribution is 5.86. The molecule has 154 valence electrons. The quantitative estimate of drug-likeness (QED) is 0.717. The number of halogens is 3. The third kappa shape index (κ3) is 4.10. The molecule has 1 aliphatic rings. The highest BCUT2D eigenvalue weighted by Gasteiger charge is 2.35. The minimum absolute atomic E-state index is 0.368. The van der Waals surface area contributed by atoms with Gasteiger partial charge in [-0.3, -0.25) is 0 Å². The summed E-state index contributed by atoms with van der Waals surface area (Å²) in [6.07, 6.45) is 0.0458. The first-order chi connectivity index (χ1) is 13.8. The Kier molecular flexibility index (Phi) is 5.01. The van der Waals surface area contributed by atoms with Crippen LogP contribution in [-0.4, -0.2) is 44.1 Å². The van der Waals surface area contributed by atoms with E-state index in [1.54, 1.807) is 13.2 Å². The summed E-state index contributed by atoms with van der Waals surface area (Å²) in [7, 11) is 1.60. The lowest BCUT2D eigenvalue weighted by molar-refractivity contribution is -0.140. The van der Waals surface area contributed by atoms with Crippen LogP contribution in [0.1, 0.15) is 24.4 Å². The predicted molar refractivity (Wildman–Crippen MR) is 104 cm³/mol. The van der Waals surface area contributed by atoms with Crippen molar-refractivity contribution in [2.24, 2.45) is 13.0 Å². The van der Waals surface area contributed by atoms with Crippen LogP contribution in [0.3, 0.4) is 0 Å². The first-order valence-corrected chi connectivity index (χ1v) is 9.50. The third-order valence-electron chi connectivity index (χ3n) is 5.18. The van der Waals surface area contributed by atoms with Crippen LogP contribution in [0.15, 0.2) is 24.5 Å². The number of imidazole rings is 1. The number of pyridine rings is 1. The lowest BCUT2D eigenvalue weighted by Crippen LogP contribution is -2.37. The number of anilines is 2. The van der Waals surface area contributed by atoms with E-state index in [1.165, 1.54) is 4.57 Å². The Hall–Kier alpha value is -2.91. The van der Waals surface area contributed by atoms with Crippen molar-refractivity contribution >= 4 is 22.8 Å². The largest absolute Gasteiger partial charge is 0.434 e. The molecule has 0 amide bonds. The maximum absolute atomic E-state index is 12.9. The van der Waals surface area contributed by atoms with Crippen molar-refractivity contribution in [1.29, 1.82) is 0 Å². The Morgan fingerprint density at radius 3 is 2.62 bits per heavy atom. The van der Waals surface area contributed by atoms with Crippen molar-refractivity contribution in [2.75, 3.05) is 29.9 Å². The molecule has 1 aliphatic heterocycles. The molecule has 0 radical (unpaired) electrons. The predicted octanol–water partition coefficient (Wildman–Crippen LogP) is 3.41. The molecule has 4 heterocycles. The molecular weight excluding hydrogens is 383 g/mol. The molecule has 1 N–H and O–H groups in total. The van der Waals surface area contributed by atoms with Gasteiger partial charge in [0.15, 0.2) is 11.3 Å². The van der Waals surface area contributed by atoms with E-state index < -0.39 is 11.9 Å². The van der Waals surface area contributed by atoms with Crippen molar-refractivity contribution in [3.05, 3.63) is 36.0 Å². The minimum Gasteiger partial charge on any atom is -0.369 e. The van der Waals surface area contributed by atoms with Gasteiger partial charge in [0.2, 0.25) is 5.95 Å². The summed E-state index contributed by atoms with van der Waals surface area (Å²) in [6.45, 7) is 3.90. The molecule has 10 heteroatoms. The molecular formula is C19H22F3N7. The molecule has 7 nitrogen and oxygen atoms in total. The van der Waals surface area contributed by atoms with E-state index in [0.717, 1.165) is 36.8 Å². The van der Waals surface area contributed by atoms with Gasteiger partial charge in [0.05, 0.1) is 5.39 Å².